The molecule has 110 valence electrons. The SMILES string of the molecule is CCCc1ccc(C(=O)CCC(=O)NCC(C)C)cc1. The van der Waals surface area contributed by atoms with E-state index in [1.165, 1.54) is 5.56 Å². The molecule has 1 aromatic rings. The molecule has 0 bridgehead atoms. The van der Waals surface area contributed by atoms with Crippen molar-refractivity contribution in [2.75, 3.05) is 6.54 Å². The lowest BCUT2D eigenvalue weighted by Gasteiger charge is -2.07. The van der Waals surface area contributed by atoms with Gasteiger partial charge in [0, 0.05) is 24.9 Å². The molecule has 0 saturated carbocycles. The van der Waals surface area contributed by atoms with Gasteiger partial charge in [0.15, 0.2) is 5.78 Å². The minimum Gasteiger partial charge on any atom is -0.356 e. The molecular formula is C17H25NO2. The Hall–Kier alpha value is -1.64. The zero-order chi connectivity index (χ0) is 15.0. The summed E-state index contributed by atoms with van der Waals surface area (Å²) in [6.07, 6.45) is 2.68. The van der Waals surface area contributed by atoms with Gasteiger partial charge in [0.1, 0.15) is 0 Å². The zero-order valence-corrected chi connectivity index (χ0v) is 12.7. The first-order valence-corrected chi connectivity index (χ1v) is 7.41. The molecule has 0 heterocycles. The Labute approximate surface area is 121 Å². The molecule has 1 aromatic carbocycles. The fourth-order valence-corrected chi connectivity index (χ4v) is 1.92. The fraction of sp³-hybridized carbons (Fsp3) is 0.529. The van der Waals surface area contributed by atoms with Gasteiger partial charge in [-0.05, 0) is 17.9 Å². The summed E-state index contributed by atoms with van der Waals surface area (Å²) in [5.74, 6) is 0.420. The second-order valence-corrected chi connectivity index (χ2v) is 5.57. The standard InChI is InChI=1S/C17H25NO2/c1-4-5-14-6-8-15(9-7-14)16(19)10-11-17(20)18-12-13(2)3/h6-9,13H,4-5,10-12H2,1-3H3,(H,18,20). The molecule has 3 heteroatoms. The minimum absolute atomic E-state index is 0.0349. The van der Waals surface area contributed by atoms with Crippen molar-refractivity contribution < 1.29 is 9.59 Å². The van der Waals surface area contributed by atoms with Gasteiger partial charge in [0.2, 0.25) is 5.91 Å². The van der Waals surface area contributed by atoms with Crippen LogP contribution < -0.4 is 5.32 Å². The average molecular weight is 275 g/mol. The number of hydrogen-bond acceptors (Lipinski definition) is 2. The highest BCUT2D eigenvalue weighted by molar-refractivity contribution is 5.97. The lowest BCUT2D eigenvalue weighted by Crippen LogP contribution is -2.27. The molecule has 0 atom stereocenters. The van der Waals surface area contributed by atoms with Crippen LogP contribution in [-0.2, 0) is 11.2 Å². The third kappa shape index (κ3) is 6.00. The summed E-state index contributed by atoms with van der Waals surface area (Å²) in [6.45, 7) is 6.89. The van der Waals surface area contributed by atoms with Gasteiger partial charge in [-0.3, -0.25) is 9.59 Å². The van der Waals surface area contributed by atoms with Gasteiger partial charge in [-0.25, -0.2) is 0 Å². The molecule has 0 saturated heterocycles. The van der Waals surface area contributed by atoms with E-state index in [9.17, 15) is 9.59 Å². The average Bonchev–Trinajstić information content (AvgIpc) is 2.43. The number of hydrogen-bond donors (Lipinski definition) is 1. The zero-order valence-electron chi connectivity index (χ0n) is 12.7. The number of ketones is 1. The summed E-state index contributed by atoms with van der Waals surface area (Å²) in [5, 5.41) is 2.82. The summed E-state index contributed by atoms with van der Waals surface area (Å²) >= 11 is 0. The van der Waals surface area contributed by atoms with Crippen LogP contribution in [0.25, 0.3) is 0 Å². The quantitative estimate of drug-likeness (QED) is 0.739. The fourth-order valence-electron chi connectivity index (χ4n) is 1.92. The summed E-state index contributed by atoms with van der Waals surface area (Å²) < 4.78 is 0. The number of benzene rings is 1. The highest BCUT2D eigenvalue weighted by Gasteiger charge is 2.09. The van der Waals surface area contributed by atoms with Gasteiger partial charge in [-0.2, -0.15) is 0 Å². The van der Waals surface area contributed by atoms with Crippen molar-refractivity contribution in [1.29, 1.82) is 0 Å². The Balaban J connectivity index is 2.40. The molecule has 3 nitrogen and oxygen atoms in total. The van der Waals surface area contributed by atoms with Crippen molar-refractivity contribution in [3.8, 4) is 0 Å². The minimum atomic E-state index is -0.0466. The van der Waals surface area contributed by atoms with E-state index in [4.69, 9.17) is 0 Å². The maximum atomic E-state index is 12.0. The first kappa shape index (κ1) is 16.4. The van der Waals surface area contributed by atoms with Crippen LogP contribution in [0.4, 0.5) is 0 Å². The number of carbonyl (C=O) groups excluding carboxylic acids is 2. The number of Topliss-reactive ketones (excluding diaryl/α,β-unsaturated/α-hetero) is 1. The maximum Gasteiger partial charge on any atom is 0.220 e. The number of carbonyl (C=O) groups is 2. The molecule has 1 amide bonds. The molecule has 0 aromatic heterocycles. The first-order chi connectivity index (χ1) is 9.52. The van der Waals surface area contributed by atoms with E-state index in [1.807, 2.05) is 38.1 Å². The van der Waals surface area contributed by atoms with E-state index in [2.05, 4.69) is 12.2 Å². The predicted octanol–water partition coefficient (Wildman–Crippen LogP) is 3.37. The van der Waals surface area contributed by atoms with Gasteiger partial charge in [0.05, 0.1) is 0 Å². The Morgan fingerprint density at radius 3 is 2.30 bits per heavy atom. The molecule has 0 aliphatic carbocycles. The van der Waals surface area contributed by atoms with Crippen molar-refractivity contribution in [1.82, 2.24) is 5.32 Å². The van der Waals surface area contributed by atoms with Crippen molar-refractivity contribution >= 4 is 11.7 Å². The molecular weight excluding hydrogens is 250 g/mol. The van der Waals surface area contributed by atoms with Crippen LogP contribution in [0.2, 0.25) is 0 Å². The van der Waals surface area contributed by atoms with Crippen LogP contribution in [0.15, 0.2) is 24.3 Å². The molecule has 1 rings (SSSR count). The number of aryl methyl sites for hydroxylation is 1. The molecule has 0 unspecified atom stereocenters. The highest BCUT2D eigenvalue weighted by Crippen LogP contribution is 2.09. The van der Waals surface area contributed by atoms with E-state index in [1.54, 1.807) is 0 Å². The van der Waals surface area contributed by atoms with Crippen LogP contribution >= 0.6 is 0 Å². The largest absolute Gasteiger partial charge is 0.356 e. The summed E-state index contributed by atoms with van der Waals surface area (Å²) in [7, 11) is 0. The van der Waals surface area contributed by atoms with Crippen LogP contribution in [-0.4, -0.2) is 18.2 Å². The van der Waals surface area contributed by atoms with E-state index in [0.29, 0.717) is 18.0 Å². The predicted molar refractivity (Wildman–Crippen MR) is 81.8 cm³/mol. The Morgan fingerprint density at radius 1 is 1.10 bits per heavy atom. The van der Waals surface area contributed by atoms with Crippen LogP contribution in [0.3, 0.4) is 0 Å². The summed E-state index contributed by atoms with van der Waals surface area (Å²) in [6, 6.07) is 7.71. The molecule has 0 spiro atoms. The molecule has 1 N–H and O–H groups in total. The van der Waals surface area contributed by atoms with Crippen LogP contribution in [0.1, 0.15) is 56.0 Å². The summed E-state index contributed by atoms with van der Waals surface area (Å²) in [5.41, 5.74) is 1.94. The maximum absolute atomic E-state index is 12.0. The first-order valence-electron chi connectivity index (χ1n) is 7.41. The van der Waals surface area contributed by atoms with E-state index < -0.39 is 0 Å². The molecule has 0 aliphatic rings. The van der Waals surface area contributed by atoms with Gasteiger partial charge >= 0.3 is 0 Å². The van der Waals surface area contributed by atoms with Gasteiger partial charge in [-0.1, -0.05) is 51.5 Å². The highest BCUT2D eigenvalue weighted by atomic mass is 16.2. The van der Waals surface area contributed by atoms with E-state index >= 15 is 0 Å². The Bertz CT molecular complexity index is 435. The van der Waals surface area contributed by atoms with Crippen LogP contribution in [0.5, 0.6) is 0 Å². The third-order valence-electron chi connectivity index (χ3n) is 3.10. The van der Waals surface area contributed by atoms with Gasteiger partial charge in [0.25, 0.3) is 0 Å². The second kappa shape index (κ2) is 8.51. The van der Waals surface area contributed by atoms with Gasteiger partial charge < -0.3 is 5.32 Å². The van der Waals surface area contributed by atoms with Crippen molar-refractivity contribution in [3.63, 3.8) is 0 Å². The number of rotatable bonds is 8. The van der Waals surface area contributed by atoms with Crippen LogP contribution in [0, 0.1) is 5.92 Å². The van der Waals surface area contributed by atoms with Gasteiger partial charge in [-0.15, -0.1) is 0 Å². The monoisotopic (exact) mass is 275 g/mol. The van der Waals surface area contributed by atoms with E-state index in [-0.39, 0.29) is 24.5 Å². The van der Waals surface area contributed by atoms with Crippen molar-refractivity contribution in [2.45, 2.75) is 46.5 Å². The Kier molecular flexibility index (Phi) is 6.99. The molecule has 20 heavy (non-hydrogen) atoms. The van der Waals surface area contributed by atoms with E-state index in [0.717, 1.165) is 12.8 Å². The number of nitrogens with one attached hydrogen (secondary N) is 1. The van der Waals surface area contributed by atoms with Crippen molar-refractivity contribution in [3.05, 3.63) is 35.4 Å². The number of amides is 1. The molecule has 0 fully saturated rings. The lowest BCUT2D eigenvalue weighted by atomic mass is 10.0. The topological polar surface area (TPSA) is 46.2 Å². The lowest BCUT2D eigenvalue weighted by molar-refractivity contribution is -0.121. The normalized spacial score (nSPS) is 10.6. The third-order valence-corrected chi connectivity index (χ3v) is 3.10. The van der Waals surface area contributed by atoms with Crippen molar-refractivity contribution in [2.24, 2.45) is 5.92 Å². The Morgan fingerprint density at radius 2 is 1.75 bits per heavy atom. The molecule has 0 aliphatic heterocycles. The molecule has 0 radical (unpaired) electrons. The second-order valence-electron chi connectivity index (χ2n) is 5.57. The summed E-state index contributed by atoms with van der Waals surface area (Å²) in [4.78, 5) is 23.5. The smallest absolute Gasteiger partial charge is 0.220 e.